The molecule has 0 spiro atoms. The average Bonchev–Trinajstić information content (AvgIpc) is 2.88. The Morgan fingerprint density at radius 3 is 3.06 bits per heavy atom. The third-order valence-electron chi connectivity index (χ3n) is 2.93. The summed E-state index contributed by atoms with van der Waals surface area (Å²) >= 11 is 1.66. The molecule has 4 nitrogen and oxygen atoms in total. The van der Waals surface area contributed by atoms with E-state index in [4.69, 9.17) is 9.84 Å². The lowest BCUT2D eigenvalue weighted by molar-refractivity contribution is 0.0696. The predicted molar refractivity (Wildman–Crippen MR) is 70.1 cm³/mol. The van der Waals surface area contributed by atoms with E-state index in [1.54, 1.807) is 23.9 Å². The van der Waals surface area contributed by atoms with Crippen molar-refractivity contribution in [2.24, 2.45) is 0 Å². The van der Waals surface area contributed by atoms with Gasteiger partial charge in [0.25, 0.3) is 0 Å². The average molecular weight is 267 g/mol. The molecule has 1 aromatic rings. The van der Waals surface area contributed by atoms with Crippen molar-refractivity contribution >= 4 is 17.7 Å². The second kappa shape index (κ2) is 6.75. The molecule has 1 aromatic heterocycles. The number of rotatable bonds is 6. The highest BCUT2D eigenvalue weighted by Crippen LogP contribution is 2.21. The third kappa shape index (κ3) is 3.99. The quantitative estimate of drug-likeness (QED) is 0.634. The number of aromatic carboxylic acids is 1. The summed E-state index contributed by atoms with van der Waals surface area (Å²) in [6.45, 7) is 0.913. The van der Waals surface area contributed by atoms with Crippen LogP contribution in [0.2, 0.25) is 0 Å². The minimum Gasteiger partial charge on any atom is -0.478 e. The Morgan fingerprint density at radius 1 is 1.56 bits per heavy atom. The Labute approximate surface area is 111 Å². The molecule has 98 valence electrons. The highest BCUT2D eigenvalue weighted by atomic mass is 32.2. The zero-order valence-corrected chi connectivity index (χ0v) is 11.0. The van der Waals surface area contributed by atoms with E-state index in [1.807, 2.05) is 0 Å². The monoisotopic (exact) mass is 267 g/mol. The van der Waals surface area contributed by atoms with E-state index in [-0.39, 0.29) is 5.56 Å². The maximum atomic E-state index is 10.7. The van der Waals surface area contributed by atoms with Gasteiger partial charge in [-0.1, -0.05) is 0 Å². The van der Waals surface area contributed by atoms with Gasteiger partial charge in [0, 0.05) is 12.8 Å². The molecular formula is C13H17NO3S. The number of thioether (sulfide) groups is 1. The minimum absolute atomic E-state index is 0.235. The number of nitrogens with zero attached hydrogens (tertiary/aromatic N) is 1. The third-order valence-corrected chi connectivity index (χ3v) is 3.96. The molecule has 0 saturated carbocycles. The van der Waals surface area contributed by atoms with Crippen molar-refractivity contribution in [2.75, 3.05) is 12.4 Å². The molecule has 5 heteroatoms. The Hall–Kier alpha value is -1.07. The van der Waals surface area contributed by atoms with Crippen LogP contribution < -0.4 is 0 Å². The van der Waals surface area contributed by atoms with Gasteiger partial charge in [-0.2, -0.15) is 0 Å². The van der Waals surface area contributed by atoms with Crippen LogP contribution in [0.25, 0.3) is 0 Å². The fourth-order valence-electron chi connectivity index (χ4n) is 1.95. The van der Waals surface area contributed by atoms with Crippen LogP contribution in [-0.4, -0.2) is 34.5 Å². The maximum absolute atomic E-state index is 10.7. The smallest absolute Gasteiger partial charge is 0.337 e. The van der Waals surface area contributed by atoms with Gasteiger partial charge in [-0.15, -0.1) is 11.8 Å². The SMILES string of the molecule is O=C(O)c1ccc(SCCCC2CCCO2)nc1. The summed E-state index contributed by atoms with van der Waals surface area (Å²) in [5.41, 5.74) is 0.235. The number of pyridine rings is 1. The molecule has 1 N–H and O–H groups in total. The summed E-state index contributed by atoms with van der Waals surface area (Å²) in [6, 6.07) is 3.36. The van der Waals surface area contributed by atoms with Gasteiger partial charge < -0.3 is 9.84 Å². The second-order valence-electron chi connectivity index (χ2n) is 4.32. The van der Waals surface area contributed by atoms with Gasteiger partial charge in [0.15, 0.2) is 0 Å². The maximum Gasteiger partial charge on any atom is 0.337 e. The van der Waals surface area contributed by atoms with E-state index in [2.05, 4.69) is 4.98 Å². The first-order valence-electron chi connectivity index (χ1n) is 6.19. The molecule has 1 atom stereocenters. The van der Waals surface area contributed by atoms with E-state index in [9.17, 15) is 4.79 Å². The summed E-state index contributed by atoms with van der Waals surface area (Å²) in [5.74, 6) is 0.0664. The Kier molecular flexibility index (Phi) is 5.01. The summed E-state index contributed by atoms with van der Waals surface area (Å²) in [7, 11) is 0. The van der Waals surface area contributed by atoms with Gasteiger partial charge in [0.05, 0.1) is 16.7 Å². The fraction of sp³-hybridized carbons (Fsp3) is 0.538. The molecule has 1 saturated heterocycles. The number of carboxylic acid groups (broad SMARTS) is 1. The topological polar surface area (TPSA) is 59.4 Å². The van der Waals surface area contributed by atoms with Gasteiger partial charge in [-0.3, -0.25) is 0 Å². The van der Waals surface area contributed by atoms with Crippen LogP contribution in [0.1, 0.15) is 36.0 Å². The van der Waals surface area contributed by atoms with Crippen LogP contribution in [0.15, 0.2) is 23.4 Å². The molecule has 2 rings (SSSR count). The summed E-state index contributed by atoms with van der Waals surface area (Å²) in [6.07, 6.45) is 6.46. The van der Waals surface area contributed by atoms with Crippen molar-refractivity contribution in [3.8, 4) is 0 Å². The number of carboxylic acids is 1. The van der Waals surface area contributed by atoms with E-state index >= 15 is 0 Å². The lowest BCUT2D eigenvalue weighted by Crippen LogP contribution is -2.04. The van der Waals surface area contributed by atoms with Crippen molar-refractivity contribution in [3.05, 3.63) is 23.9 Å². The first-order valence-corrected chi connectivity index (χ1v) is 7.18. The van der Waals surface area contributed by atoms with Crippen molar-refractivity contribution in [1.29, 1.82) is 0 Å². The molecule has 1 unspecified atom stereocenters. The molecule has 1 aliphatic rings. The number of hydrogen-bond acceptors (Lipinski definition) is 4. The van der Waals surface area contributed by atoms with Crippen molar-refractivity contribution < 1.29 is 14.6 Å². The first kappa shape index (κ1) is 13.4. The molecule has 1 fully saturated rings. The molecular weight excluding hydrogens is 250 g/mol. The van der Waals surface area contributed by atoms with E-state index in [0.29, 0.717) is 6.10 Å². The van der Waals surface area contributed by atoms with Gasteiger partial charge in [-0.05, 0) is 43.6 Å². The minimum atomic E-state index is -0.933. The normalized spacial score (nSPS) is 19.0. The molecule has 2 heterocycles. The predicted octanol–water partition coefficient (Wildman–Crippen LogP) is 2.83. The molecule has 0 aliphatic carbocycles. The van der Waals surface area contributed by atoms with Crippen LogP contribution in [0.5, 0.6) is 0 Å². The molecule has 1 aliphatic heterocycles. The highest BCUT2D eigenvalue weighted by molar-refractivity contribution is 7.99. The summed E-state index contributed by atoms with van der Waals surface area (Å²) in [5, 5.41) is 9.63. The van der Waals surface area contributed by atoms with Crippen LogP contribution in [-0.2, 0) is 4.74 Å². The van der Waals surface area contributed by atoms with Crippen LogP contribution in [0, 0.1) is 0 Å². The van der Waals surface area contributed by atoms with Crippen LogP contribution in [0.3, 0.4) is 0 Å². The van der Waals surface area contributed by atoms with Gasteiger partial charge in [0.1, 0.15) is 0 Å². The van der Waals surface area contributed by atoms with Gasteiger partial charge in [0.2, 0.25) is 0 Å². The number of ether oxygens (including phenoxy) is 1. The van der Waals surface area contributed by atoms with Gasteiger partial charge >= 0.3 is 5.97 Å². The molecule has 0 radical (unpaired) electrons. The Bertz CT molecular complexity index is 388. The van der Waals surface area contributed by atoms with E-state index < -0.39 is 5.97 Å². The fourth-order valence-corrected chi connectivity index (χ4v) is 2.76. The zero-order valence-electron chi connectivity index (χ0n) is 10.2. The Balaban J connectivity index is 1.68. The Morgan fingerprint density at radius 2 is 2.44 bits per heavy atom. The lowest BCUT2D eigenvalue weighted by atomic mass is 10.1. The largest absolute Gasteiger partial charge is 0.478 e. The van der Waals surface area contributed by atoms with Crippen LogP contribution >= 0.6 is 11.8 Å². The van der Waals surface area contributed by atoms with Gasteiger partial charge in [-0.25, -0.2) is 9.78 Å². The number of aromatic nitrogens is 1. The van der Waals surface area contributed by atoms with E-state index in [0.717, 1.165) is 30.2 Å². The summed E-state index contributed by atoms with van der Waals surface area (Å²) in [4.78, 5) is 14.8. The second-order valence-corrected chi connectivity index (χ2v) is 5.43. The number of carbonyl (C=O) groups is 1. The van der Waals surface area contributed by atoms with Crippen molar-refractivity contribution in [3.63, 3.8) is 0 Å². The molecule has 18 heavy (non-hydrogen) atoms. The van der Waals surface area contributed by atoms with E-state index in [1.165, 1.54) is 19.0 Å². The number of hydrogen-bond donors (Lipinski definition) is 1. The first-order chi connectivity index (χ1) is 8.75. The van der Waals surface area contributed by atoms with Crippen molar-refractivity contribution in [1.82, 2.24) is 4.98 Å². The molecule has 0 amide bonds. The zero-order chi connectivity index (χ0) is 12.8. The molecule has 0 aromatic carbocycles. The summed E-state index contributed by atoms with van der Waals surface area (Å²) < 4.78 is 5.56. The highest BCUT2D eigenvalue weighted by Gasteiger charge is 2.14. The lowest BCUT2D eigenvalue weighted by Gasteiger charge is -2.08. The van der Waals surface area contributed by atoms with Crippen LogP contribution in [0.4, 0.5) is 0 Å². The van der Waals surface area contributed by atoms with Crippen molar-refractivity contribution in [2.45, 2.75) is 36.8 Å². The molecule has 0 bridgehead atoms. The standard InChI is InChI=1S/C13H17NO3S/c15-13(16)10-5-6-12(14-9-10)18-8-2-4-11-3-1-7-17-11/h5-6,9,11H,1-4,7-8H2,(H,15,16).